The molecule has 0 saturated heterocycles. The maximum Gasteiger partial charge on any atom is 0.272 e. The second-order valence-corrected chi connectivity index (χ2v) is 5.70. The minimum Gasteiger partial charge on any atom is -0.336 e. The van der Waals surface area contributed by atoms with Crippen LogP contribution in [0.4, 0.5) is 0 Å². The summed E-state index contributed by atoms with van der Waals surface area (Å²) in [6.07, 6.45) is 1.78. The average molecular weight is 314 g/mol. The van der Waals surface area contributed by atoms with E-state index in [0.717, 1.165) is 5.56 Å². The SMILES string of the molecule is Cc1nc2cc(Cl)ccn2c1C(=O)N(C)Cc1ccccc1. The van der Waals surface area contributed by atoms with Crippen LogP contribution in [-0.2, 0) is 6.54 Å². The van der Waals surface area contributed by atoms with E-state index in [1.807, 2.05) is 37.3 Å². The molecular formula is C17H16ClN3O. The van der Waals surface area contributed by atoms with Crippen LogP contribution in [0, 0.1) is 6.92 Å². The van der Waals surface area contributed by atoms with E-state index in [9.17, 15) is 4.79 Å². The summed E-state index contributed by atoms with van der Waals surface area (Å²) in [4.78, 5) is 18.9. The monoisotopic (exact) mass is 313 g/mol. The fourth-order valence-corrected chi connectivity index (χ4v) is 2.66. The minimum absolute atomic E-state index is 0.0591. The van der Waals surface area contributed by atoms with Crippen molar-refractivity contribution >= 4 is 23.2 Å². The number of rotatable bonds is 3. The van der Waals surface area contributed by atoms with Gasteiger partial charge in [-0.25, -0.2) is 4.98 Å². The van der Waals surface area contributed by atoms with E-state index in [2.05, 4.69) is 4.98 Å². The Balaban J connectivity index is 1.93. The van der Waals surface area contributed by atoms with Gasteiger partial charge in [-0.15, -0.1) is 0 Å². The number of hydrogen-bond donors (Lipinski definition) is 0. The summed E-state index contributed by atoms with van der Waals surface area (Å²) >= 11 is 5.98. The minimum atomic E-state index is -0.0591. The molecule has 0 fully saturated rings. The molecule has 1 aromatic carbocycles. The van der Waals surface area contributed by atoms with Crippen LogP contribution in [0.1, 0.15) is 21.7 Å². The van der Waals surface area contributed by atoms with Gasteiger partial charge in [0.1, 0.15) is 11.3 Å². The third-order valence-electron chi connectivity index (χ3n) is 3.57. The third-order valence-corrected chi connectivity index (χ3v) is 3.81. The zero-order chi connectivity index (χ0) is 15.7. The maximum atomic E-state index is 12.8. The smallest absolute Gasteiger partial charge is 0.272 e. The van der Waals surface area contributed by atoms with Crippen LogP contribution in [0.2, 0.25) is 5.02 Å². The summed E-state index contributed by atoms with van der Waals surface area (Å²) in [5, 5.41) is 0.606. The molecule has 0 aliphatic heterocycles. The summed E-state index contributed by atoms with van der Waals surface area (Å²) in [5.41, 5.74) is 3.05. The number of aryl methyl sites for hydroxylation is 1. The van der Waals surface area contributed by atoms with Crippen LogP contribution >= 0.6 is 11.6 Å². The van der Waals surface area contributed by atoms with E-state index in [1.165, 1.54) is 0 Å². The van der Waals surface area contributed by atoms with Crippen LogP contribution in [0.5, 0.6) is 0 Å². The van der Waals surface area contributed by atoms with Crippen molar-refractivity contribution in [2.45, 2.75) is 13.5 Å². The van der Waals surface area contributed by atoms with E-state index in [1.54, 1.807) is 34.7 Å². The number of fused-ring (bicyclic) bond motifs is 1. The number of carbonyl (C=O) groups is 1. The van der Waals surface area contributed by atoms with Crippen molar-refractivity contribution in [1.82, 2.24) is 14.3 Å². The highest BCUT2D eigenvalue weighted by atomic mass is 35.5. The first-order chi connectivity index (χ1) is 10.6. The Labute approximate surface area is 134 Å². The number of nitrogens with zero attached hydrogens (tertiary/aromatic N) is 3. The number of halogens is 1. The maximum absolute atomic E-state index is 12.8. The van der Waals surface area contributed by atoms with Gasteiger partial charge >= 0.3 is 0 Å². The molecule has 0 bridgehead atoms. The Morgan fingerprint density at radius 1 is 1.27 bits per heavy atom. The standard InChI is InChI=1S/C17H16ClN3O/c1-12-16(21-9-8-14(18)10-15(21)19-12)17(22)20(2)11-13-6-4-3-5-7-13/h3-10H,11H2,1-2H3. The molecule has 4 nitrogen and oxygen atoms in total. The van der Waals surface area contributed by atoms with E-state index in [-0.39, 0.29) is 5.91 Å². The van der Waals surface area contributed by atoms with Crippen LogP contribution in [0.3, 0.4) is 0 Å². The number of pyridine rings is 1. The number of carbonyl (C=O) groups excluding carboxylic acids is 1. The lowest BCUT2D eigenvalue weighted by Crippen LogP contribution is -2.27. The highest BCUT2D eigenvalue weighted by Gasteiger charge is 2.20. The van der Waals surface area contributed by atoms with Gasteiger partial charge in [-0.2, -0.15) is 0 Å². The van der Waals surface area contributed by atoms with Crippen molar-refractivity contribution in [1.29, 1.82) is 0 Å². The molecule has 5 heteroatoms. The molecular weight excluding hydrogens is 298 g/mol. The molecule has 0 aliphatic carbocycles. The van der Waals surface area contributed by atoms with Crippen molar-refractivity contribution < 1.29 is 4.79 Å². The summed E-state index contributed by atoms with van der Waals surface area (Å²) in [6.45, 7) is 2.39. The van der Waals surface area contributed by atoms with Gasteiger partial charge in [0.15, 0.2) is 0 Å². The van der Waals surface area contributed by atoms with Crippen molar-refractivity contribution in [3.63, 3.8) is 0 Å². The number of aromatic nitrogens is 2. The van der Waals surface area contributed by atoms with Gasteiger partial charge in [0, 0.05) is 30.9 Å². The molecule has 0 spiro atoms. The molecule has 2 heterocycles. The molecule has 0 N–H and O–H groups in total. The van der Waals surface area contributed by atoms with E-state index < -0.39 is 0 Å². The zero-order valence-electron chi connectivity index (χ0n) is 12.5. The molecule has 3 rings (SSSR count). The zero-order valence-corrected chi connectivity index (χ0v) is 13.2. The van der Waals surface area contributed by atoms with Crippen molar-refractivity contribution in [2.24, 2.45) is 0 Å². The Morgan fingerprint density at radius 3 is 2.73 bits per heavy atom. The molecule has 0 unspecified atom stereocenters. The predicted molar refractivity (Wildman–Crippen MR) is 87.2 cm³/mol. The number of benzene rings is 1. The molecule has 0 aliphatic rings. The largest absolute Gasteiger partial charge is 0.336 e. The van der Waals surface area contributed by atoms with Crippen molar-refractivity contribution in [2.75, 3.05) is 7.05 Å². The molecule has 0 saturated carbocycles. The molecule has 0 atom stereocenters. The highest BCUT2D eigenvalue weighted by molar-refractivity contribution is 6.30. The quantitative estimate of drug-likeness (QED) is 0.741. The first kappa shape index (κ1) is 14.6. The van der Waals surface area contributed by atoms with Gasteiger partial charge in [0.05, 0.1) is 5.69 Å². The van der Waals surface area contributed by atoms with Gasteiger partial charge in [-0.1, -0.05) is 41.9 Å². The van der Waals surface area contributed by atoms with Crippen molar-refractivity contribution in [3.8, 4) is 0 Å². The highest BCUT2D eigenvalue weighted by Crippen LogP contribution is 2.18. The second kappa shape index (κ2) is 5.81. The van der Waals surface area contributed by atoms with Crippen LogP contribution in [0.15, 0.2) is 48.7 Å². The lowest BCUT2D eigenvalue weighted by Gasteiger charge is -2.17. The number of amides is 1. The Bertz CT molecular complexity index is 827. The van der Waals surface area contributed by atoms with Gasteiger partial charge in [0.25, 0.3) is 5.91 Å². The Hall–Kier alpha value is -2.33. The molecule has 2 aromatic heterocycles. The molecule has 1 amide bonds. The van der Waals surface area contributed by atoms with Crippen LogP contribution in [0.25, 0.3) is 5.65 Å². The molecule has 112 valence electrons. The van der Waals surface area contributed by atoms with Gasteiger partial charge < -0.3 is 4.90 Å². The number of hydrogen-bond acceptors (Lipinski definition) is 2. The third kappa shape index (κ3) is 2.70. The van der Waals surface area contributed by atoms with Gasteiger partial charge in [-0.05, 0) is 18.6 Å². The number of imidazole rings is 1. The lowest BCUT2D eigenvalue weighted by atomic mass is 10.2. The second-order valence-electron chi connectivity index (χ2n) is 5.27. The summed E-state index contributed by atoms with van der Waals surface area (Å²) < 4.78 is 1.78. The normalized spacial score (nSPS) is 10.9. The lowest BCUT2D eigenvalue weighted by molar-refractivity contribution is 0.0777. The fraction of sp³-hybridized carbons (Fsp3) is 0.176. The first-order valence-corrected chi connectivity index (χ1v) is 7.37. The van der Waals surface area contributed by atoms with Gasteiger partial charge in [0.2, 0.25) is 0 Å². The van der Waals surface area contributed by atoms with Crippen LogP contribution < -0.4 is 0 Å². The van der Waals surface area contributed by atoms with Crippen LogP contribution in [-0.4, -0.2) is 27.2 Å². The Kier molecular flexibility index (Phi) is 3.86. The van der Waals surface area contributed by atoms with E-state index in [4.69, 9.17) is 11.6 Å². The Morgan fingerprint density at radius 2 is 2.00 bits per heavy atom. The van der Waals surface area contributed by atoms with Crippen molar-refractivity contribution in [3.05, 3.63) is 70.6 Å². The summed E-state index contributed by atoms with van der Waals surface area (Å²) in [7, 11) is 1.80. The van der Waals surface area contributed by atoms with E-state index >= 15 is 0 Å². The summed E-state index contributed by atoms with van der Waals surface area (Å²) in [5.74, 6) is -0.0591. The summed E-state index contributed by atoms with van der Waals surface area (Å²) in [6, 6.07) is 13.4. The first-order valence-electron chi connectivity index (χ1n) is 7.00. The van der Waals surface area contributed by atoms with E-state index in [0.29, 0.717) is 28.6 Å². The fourth-order valence-electron chi connectivity index (χ4n) is 2.51. The predicted octanol–water partition coefficient (Wildman–Crippen LogP) is 3.57. The van der Waals surface area contributed by atoms with Gasteiger partial charge in [-0.3, -0.25) is 9.20 Å². The molecule has 22 heavy (non-hydrogen) atoms. The molecule has 3 aromatic rings. The topological polar surface area (TPSA) is 37.6 Å². The average Bonchev–Trinajstić information content (AvgIpc) is 2.82. The molecule has 0 radical (unpaired) electrons.